The van der Waals surface area contributed by atoms with E-state index in [0.717, 1.165) is 12.8 Å². The summed E-state index contributed by atoms with van der Waals surface area (Å²) in [5, 5.41) is 11.9. The normalized spacial score (nSPS) is 23.1. The average molecular weight is 352 g/mol. The molecular formula is C18H22F2N2O3. The van der Waals surface area contributed by atoms with Gasteiger partial charge in [-0.05, 0) is 50.7 Å². The quantitative estimate of drug-likeness (QED) is 0.854. The molecule has 2 aliphatic rings. The maximum absolute atomic E-state index is 13.9. The third-order valence-corrected chi connectivity index (χ3v) is 5.04. The van der Waals surface area contributed by atoms with Gasteiger partial charge in [-0.2, -0.15) is 0 Å². The molecule has 0 spiro atoms. The standard InChI is InChI=1S/C18H22F2N2O3/c19-15-2-1-3-16(20)14(15)10-22(13-8-9-13)18(25)21-12-6-4-11(5-7-12)17(23)24/h1-3,11-13H,4-10H2,(H,21,25)(H,23,24). The van der Waals surface area contributed by atoms with Crippen LogP contribution in [0.3, 0.4) is 0 Å². The van der Waals surface area contributed by atoms with Gasteiger partial charge >= 0.3 is 12.0 Å². The van der Waals surface area contributed by atoms with Crippen molar-refractivity contribution in [1.82, 2.24) is 10.2 Å². The third-order valence-electron chi connectivity index (χ3n) is 5.04. The number of amides is 2. The minimum absolute atomic E-state index is 0.00867. The number of carboxylic acid groups (broad SMARTS) is 1. The van der Waals surface area contributed by atoms with Crippen molar-refractivity contribution in [3.8, 4) is 0 Å². The van der Waals surface area contributed by atoms with Crippen molar-refractivity contribution < 1.29 is 23.5 Å². The molecule has 5 nitrogen and oxygen atoms in total. The van der Waals surface area contributed by atoms with Gasteiger partial charge in [0.15, 0.2) is 0 Å². The van der Waals surface area contributed by atoms with Gasteiger partial charge in [0.05, 0.1) is 12.5 Å². The second-order valence-electron chi connectivity index (χ2n) is 6.90. The molecule has 0 saturated heterocycles. The van der Waals surface area contributed by atoms with E-state index < -0.39 is 17.6 Å². The summed E-state index contributed by atoms with van der Waals surface area (Å²) in [6.07, 6.45) is 3.94. The number of hydrogen-bond acceptors (Lipinski definition) is 2. The van der Waals surface area contributed by atoms with E-state index in [0.29, 0.717) is 25.7 Å². The van der Waals surface area contributed by atoms with Gasteiger partial charge in [0.25, 0.3) is 0 Å². The molecule has 1 aromatic rings. The summed E-state index contributed by atoms with van der Waals surface area (Å²) in [5.74, 6) is -2.44. The molecule has 25 heavy (non-hydrogen) atoms. The molecule has 0 heterocycles. The summed E-state index contributed by atoms with van der Waals surface area (Å²) >= 11 is 0. The highest BCUT2D eigenvalue weighted by Crippen LogP contribution is 2.30. The average Bonchev–Trinajstić information content (AvgIpc) is 3.40. The molecule has 136 valence electrons. The topological polar surface area (TPSA) is 69.6 Å². The smallest absolute Gasteiger partial charge is 0.318 e. The highest BCUT2D eigenvalue weighted by Gasteiger charge is 2.35. The van der Waals surface area contributed by atoms with Crippen LogP contribution in [0.5, 0.6) is 0 Å². The third kappa shape index (κ3) is 4.27. The second kappa shape index (κ2) is 7.37. The van der Waals surface area contributed by atoms with Crippen molar-refractivity contribution in [2.75, 3.05) is 0 Å². The Morgan fingerprint density at radius 1 is 1.08 bits per heavy atom. The van der Waals surface area contributed by atoms with Gasteiger partial charge in [0, 0.05) is 17.6 Å². The van der Waals surface area contributed by atoms with E-state index in [1.54, 1.807) is 0 Å². The zero-order valence-corrected chi connectivity index (χ0v) is 13.9. The molecule has 3 rings (SSSR count). The molecule has 2 fully saturated rings. The first-order valence-electron chi connectivity index (χ1n) is 8.68. The summed E-state index contributed by atoms with van der Waals surface area (Å²) < 4.78 is 27.8. The predicted octanol–water partition coefficient (Wildman–Crippen LogP) is 3.28. The van der Waals surface area contributed by atoms with Gasteiger partial charge < -0.3 is 15.3 Å². The predicted molar refractivity (Wildman–Crippen MR) is 86.8 cm³/mol. The first-order chi connectivity index (χ1) is 12.0. The van der Waals surface area contributed by atoms with Gasteiger partial charge in [0.1, 0.15) is 11.6 Å². The lowest BCUT2D eigenvalue weighted by molar-refractivity contribution is -0.142. The summed E-state index contributed by atoms with van der Waals surface area (Å²) in [7, 11) is 0. The van der Waals surface area contributed by atoms with Crippen LogP contribution in [-0.2, 0) is 11.3 Å². The van der Waals surface area contributed by atoms with Crippen molar-refractivity contribution >= 4 is 12.0 Å². The molecule has 7 heteroatoms. The SMILES string of the molecule is O=C(O)C1CCC(NC(=O)N(Cc2c(F)cccc2F)C2CC2)CC1. The fourth-order valence-electron chi connectivity index (χ4n) is 3.35. The first-order valence-corrected chi connectivity index (χ1v) is 8.68. The second-order valence-corrected chi connectivity index (χ2v) is 6.90. The molecule has 2 saturated carbocycles. The molecule has 0 bridgehead atoms. The van der Waals surface area contributed by atoms with Crippen LogP contribution < -0.4 is 5.32 Å². The number of hydrogen-bond donors (Lipinski definition) is 2. The maximum atomic E-state index is 13.9. The Morgan fingerprint density at radius 2 is 1.68 bits per heavy atom. The Morgan fingerprint density at radius 3 is 2.20 bits per heavy atom. The van der Waals surface area contributed by atoms with E-state index in [9.17, 15) is 18.4 Å². The van der Waals surface area contributed by atoms with E-state index >= 15 is 0 Å². The lowest BCUT2D eigenvalue weighted by Gasteiger charge is -2.30. The Bertz CT molecular complexity index is 635. The molecule has 0 radical (unpaired) electrons. The molecule has 0 aromatic heterocycles. The molecule has 1 aromatic carbocycles. The molecule has 2 N–H and O–H groups in total. The van der Waals surface area contributed by atoms with Crippen molar-refractivity contribution in [2.45, 2.75) is 57.2 Å². The minimum atomic E-state index is -0.792. The molecule has 0 aliphatic heterocycles. The number of nitrogens with zero attached hydrogens (tertiary/aromatic N) is 1. The molecule has 0 unspecified atom stereocenters. The zero-order chi connectivity index (χ0) is 18.0. The number of carbonyl (C=O) groups is 2. The summed E-state index contributed by atoms with van der Waals surface area (Å²) in [5.41, 5.74) is -0.0980. The summed E-state index contributed by atoms with van der Waals surface area (Å²) in [4.78, 5) is 25.1. The van der Waals surface area contributed by atoms with Crippen molar-refractivity contribution in [3.05, 3.63) is 35.4 Å². The largest absolute Gasteiger partial charge is 0.481 e. The van der Waals surface area contributed by atoms with E-state index in [1.165, 1.54) is 23.1 Å². The molecule has 2 amide bonds. The Kier molecular flexibility index (Phi) is 5.20. The van der Waals surface area contributed by atoms with E-state index in [4.69, 9.17) is 5.11 Å². The van der Waals surface area contributed by atoms with Crippen LogP contribution in [0.25, 0.3) is 0 Å². The van der Waals surface area contributed by atoms with Gasteiger partial charge in [-0.1, -0.05) is 6.07 Å². The van der Waals surface area contributed by atoms with E-state index in [-0.39, 0.29) is 36.1 Å². The van der Waals surface area contributed by atoms with Crippen LogP contribution in [0, 0.1) is 17.6 Å². The van der Waals surface area contributed by atoms with Gasteiger partial charge in [-0.25, -0.2) is 13.6 Å². The van der Waals surface area contributed by atoms with Gasteiger partial charge in [-0.15, -0.1) is 0 Å². The van der Waals surface area contributed by atoms with Crippen LogP contribution in [0.1, 0.15) is 44.1 Å². The lowest BCUT2D eigenvalue weighted by atomic mass is 9.86. The minimum Gasteiger partial charge on any atom is -0.481 e. The number of halogens is 2. The number of carboxylic acids is 1. The van der Waals surface area contributed by atoms with Crippen molar-refractivity contribution in [3.63, 3.8) is 0 Å². The highest BCUT2D eigenvalue weighted by molar-refractivity contribution is 5.75. The highest BCUT2D eigenvalue weighted by atomic mass is 19.1. The number of urea groups is 1. The van der Waals surface area contributed by atoms with Crippen molar-refractivity contribution in [1.29, 1.82) is 0 Å². The number of aliphatic carboxylic acids is 1. The maximum Gasteiger partial charge on any atom is 0.318 e. The Labute approximate surface area is 145 Å². The van der Waals surface area contributed by atoms with Crippen LogP contribution >= 0.6 is 0 Å². The monoisotopic (exact) mass is 352 g/mol. The Balaban J connectivity index is 1.62. The zero-order valence-electron chi connectivity index (χ0n) is 13.9. The number of benzene rings is 1. The van der Waals surface area contributed by atoms with Gasteiger partial charge in [0.2, 0.25) is 0 Å². The number of nitrogens with one attached hydrogen (secondary N) is 1. The molecule has 0 atom stereocenters. The lowest BCUT2D eigenvalue weighted by Crippen LogP contribution is -2.47. The van der Waals surface area contributed by atoms with Crippen molar-refractivity contribution in [2.24, 2.45) is 5.92 Å². The number of rotatable bonds is 5. The van der Waals surface area contributed by atoms with Crippen LogP contribution in [0.2, 0.25) is 0 Å². The fraction of sp³-hybridized carbons (Fsp3) is 0.556. The fourth-order valence-corrected chi connectivity index (χ4v) is 3.35. The van der Waals surface area contributed by atoms with Gasteiger partial charge in [-0.3, -0.25) is 4.79 Å². The first kappa shape index (κ1) is 17.6. The van der Waals surface area contributed by atoms with E-state index in [2.05, 4.69) is 5.32 Å². The van der Waals surface area contributed by atoms with Crippen LogP contribution in [0.4, 0.5) is 13.6 Å². The van der Waals surface area contributed by atoms with Crippen LogP contribution in [-0.4, -0.2) is 34.1 Å². The molecule has 2 aliphatic carbocycles. The molecular weight excluding hydrogens is 330 g/mol. The number of carbonyl (C=O) groups excluding carboxylic acids is 1. The summed E-state index contributed by atoms with van der Waals surface area (Å²) in [6, 6.07) is 3.27. The summed E-state index contributed by atoms with van der Waals surface area (Å²) in [6.45, 7) is -0.0977. The van der Waals surface area contributed by atoms with Crippen LogP contribution in [0.15, 0.2) is 18.2 Å². The Hall–Kier alpha value is -2.18. The van der Waals surface area contributed by atoms with E-state index in [1.807, 2.05) is 0 Å².